The molecule has 3 rings (SSSR count). The third kappa shape index (κ3) is 3.53. The van der Waals surface area contributed by atoms with Crippen LogP contribution in [0.15, 0.2) is 35.2 Å². The van der Waals surface area contributed by atoms with E-state index < -0.39 is 0 Å². The van der Waals surface area contributed by atoms with Crippen molar-refractivity contribution < 1.29 is 14.4 Å². The highest BCUT2D eigenvalue weighted by atomic mass is 32.2. The molecule has 2 aliphatic heterocycles. The monoisotopic (exact) mass is 344 g/mol. The molecule has 1 atom stereocenters. The molecule has 0 aliphatic carbocycles. The topological polar surface area (TPSA) is 57.7 Å². The van der Waals surface area contributed by atoms with Crippen LogP contribution >= 0.6 is 11.8 Å². The smallest absolute Gasteiger partial charge is 0.294 e. The van der Waals surface area contributed by atoms with Crippen molar-refractivity contribution in [1.82, 2.24) is 9.80 Å². The van der Waals surface area contributed by atoms with Crippen LogP contribution in [-0.4, -0.2) is 46.0 Å². The van der Waals surface area contributed by atoms with E-state index in [-0.39, 0.29) is 29.6 Å². The third-order valence-corrected chi connectivity index (χ3v) is 5.30. The Labute approximate surface area is 145 Å². The zero-order chi connectivity index (χ0) is 17.1. The molecule has 2 saturated heterocycles. The molecule has 2 aliphatic rings. The maximum absolute atomic E-state index is 12.5. The van der Waals surface area contributed by atoms with Crippen LogP contribution < -0.4 is 0 Å². The van der Waals surface area contributed by atoms with Gasteiger partial charge >= 0.3 is 0 Å². The molecule has 0 aromatic heterocycles. The van der Waals surface area contributed by atoms with Crippen LogP contribution in [0.1, 0.15) is 31.7 Å². The molecule has 6 heteroatoms. The van der Waals surface area contributed by atoms with E-state index in [0.29, 0.717) is 11.4 Å². The zero-order valence-electron chi connectivity index (χ0n) is 13.6. The van der Waals surface area contributed by atoms with E-state index in [1.165, 1.54) is 0 Å². The molecule has 0 saturated carbocycles. The highest BCUT2D eigenvalue weighted by Crippen LogP contribution is 2.32. The van der Waals surface area contributed by atoms with E-state index in [1.54, 1.807) is 11.0 Å². The molecule has 24 heavy (non-hydrogen) atoms. The summed E-state index contributed by atoms with van der Waals surface area (Å²) < 4.78 is 0. The summed E-state index contributed by atoms with van der Waals surface area (Å²) in [4.78, 5) is 40.3. The van der Waals surface area contributed by atoms with Gasteiger partial charge < -0.3 is 4.90 Å². The molecule has 0 N–H and O–H groups in total. The van der Waals surface area contributed by atoms with Gasteiger partial charge in [-0.15, -0.1) is 0 Å². The first-order chi connectivity index (χ1) is 11.6. The average Bonchev–Trinajstić information content (AvgIpc) is 2.83. The molecule has 0 unspecified atom stereocenters. The second-order valence-corrected chi connectivity index (χ2v) is 7.10. The molecule has 2 heterocycles. The van der Waals surface area contributed by atoms with Gasteiger partial charge in [-0.25, -0.2) is 0 Å². The van der Waals surface area contributed by atoms with Gasteiger partial charge in [-0.2, -0.15) is 0 Å². The number of thioether (sulfide) groups is 1. The van der Waals surface area contributed by atoms with E-state index in [0.717, 1.165) is 41.5 Å². The molecule has 1 aromatic rings. The lowest BCUT2D eigenvalue weighted by Gasteiger charge is -2.34. The number of benzene rings is 1. The number of amides is 3. The molecule has 126 valence electrons. The van der Waals surface area contributed by atoms with Crippen molar-refractivity contribution in [3.8, 4) is 0 Å². The predicted octanol–water partition coefficient (Wildman–Crippen LogP) is 3.12. The standard InChI is InChI=1S/C18H20N2O3S/c1-13-7-5-6-10-19(13)16(21)12-20-17(22)15(24-18(20)23)11-14-8-3-2-4-9-14/h2-4,8-9,11,13H,5-7,10,12H2,1H3/b15-11-/t13-/m0/s1. The molecule has 3 amide bonds. The number of piperidine rings is 1. The molecule has 2 fully saturated rings. The molecular weight excluding hydrogens is 324 g/mol. The fourth-order valence-corrected chi connectivity index (χ4v) is 3.87. The molecular formula is C18H20N2O3S. The molecule has 0 radical (unpaired) electrons. The van der Waals surface area contributed by atoms with Gasteiger partial charge in [-0.05, 0) is 49.6 Å². The largest absolute Gasteiger partial charge is 0.338 e. The number of rotatable bonds is 3. The number of hydrogen-bond acceptors (Lipinski definition) is 4. The lowest BCUT2D eigenvalue weighted by atomic mass is 10.0. The normalized spacial score (nSPS) is 23.2. The molecule has 0 bridgehead atoms. The average molecular weight is 344 g/mol. The van der Waals surface area contributed by atoms with E-state index in [2.05, 4.69) is 0 Å². The molecule has 0 spiro atoms. The highest BCUT2D eigenvalue weighted by Gasteiger charge is 2.37. The highest BCUT2D eigenvalue weighted by molar-refractivity contribution is 8.18. The van der Waals surface area contributed by atoms with Gasteiger partial charge in [0.2, 0.25) is 5.91 Å². The lowest BCUT2D eigenvalue weighted by molar-refractivity contribution is -0.138. The Hall–Kier alpha value is -2.08. The summed E-state index contributed by atoms with van der Waals surface area (Å²) in [5.74, 6) is -0.530. The summed E-state index contributed by atoms with van der Waals surface area (Å²) in [5, 5.41) is -0.375. The number of nitrogens with zero attached hydrogens (tertiary/aromatic N) is 2. The minimum atomic E-state index is -0.383. The predicted molar refractivity (Wildman–Crippen MR) is 94.1 cm³/mol. The van der Waals surface area contributed by atoms with E-state index >= 15 is 0 Å². The van der Waals surface area contributed by atoms with Gasteiger partial charge in [0.25, 0.3) is 11.1 Å². The van der Waals surface area contributed by atoms with Crippen LogP contribution in [0.2, 0.25) is 0 Å². The van der Waals surface area contributed by atoms with Crippen molar-refractivity contribution in [1.29, 1.82) is 0 Å². The number of carbonyl (C=O) groups excluding carboxylic acids is 3. The first-order valence-electron chi connectivity index (χ1n) is 8.16. The Morgan fingerprint density at radius 2 is 2.00 bits per heavy atom. The number of carbonyl (C=O) groups is 3. The van der Waals surface area contributed by atoms with Gasteiger partial charge in [0.15, 0.2) is 0 Å². The van der Waals surface area contributed by atoms with Crippen molar-refractivity contribution in [3.63, 3.8) is 0 Å². The summed E-state index contributed by atoms with van der Waals surface area (Å²) in [5.41, 5.74) is 0.860. The van der Waals surface area contributed by atoms with Crippen LogP contribution in [0.25, 0.3) is 6.08 Å². The van der Waals surface area contributed by atoms with Gasteiger partial charge in [-0.1, -0.05) is 30.3 Å². The summed E-state index contributed by atoms with van der Waals surface area (Å²) in [6.07, 6.45) is 4.76. The minimum absolute atomic E-state index is 0.148. The summed E-state index contributed by atoms with van der Waals surface area (Å²) in [6, 6.07) is 9.55. The summed E-state index contributed by atoms with van der Waals surface area (Å²) in [7, 11) is 0. The third-order valence-electron chi connectivity index (χ3n) is 4.39. The minimum Gasteiger partial charge on any atom is -0.338 e. The number of imide groups is 1. The fraction of sp³-hybridized carbons (Fsp3) is 0.389. The van der Waals surface area contributed by atoms with Crippen molar-refractivity contribution in [2.75, 3.05) is 13.1 Å². The fourth-order valence-electron chi connectivity index (χ4n) is 3.03. The molecule has 5 nitrogen and oxygen atoms in total. The number of hydrogen-bond donors (Lipinski definition) is 0. The lowest BCUT2D eigenvalue weighted by Crippen LogP contribution is -2.47. The second kappa shape index (κ2) is 7.21. The Balaban J connectivity index is 1.70. The van der Waals surface area contributed by atoms with E-state index in [4.69, 9.17) is 0 Å². The SMILES string of the molecule is C[C@H]1CCCCN1C(=O)CN1C(=O)S/C(=C\c2ccccc2)C1=O. The van der Waals surface area contributed by atoms with Crippen LogP contribution in [0.3, 0.4) is 0 Å². The van der Waals surface area contributed by atoms with Crippen LogP contribution in [0.4, 0.5) is 4.79 Å². The van der Waals surface area contributed by atoms with Gasteiger partial charge in [0, 0.05) is 12.6 Å². The van der Waals surface area contributed by atoms with Crippen LogP contribution in [0.5, 0.6) is 0 Å². The van der Waals surface area contributed by atoms with Crippen molar-refractivity contribution in [2.24, 2.45) is 0 Å². The second-order valence-electron chi connectivity index (χ2n) is 6.11. The number of likely N-dealkylation sites (tertiary alicyclic amines) is 1. The van der Waals surface area contributed by atoms with Gasteiger partial charge in [0.1, 0.15) is 6.54 Å². The molecule has 1 aromatic carbocycles. The first kappa shape index (κ1) is 16.8. The van der Waals surface area contributed by atoms with Crippen LogP contribution in [0, 0.1) is 0 Å². The Morgan fingerprint density at radius 1 is 1.25 bits per heavy atom. The van der Waals surface area contributed by atoms with E-state index in [9.17, 15) is 14.4 Å². The zero-order valence-corrected chi connectivity index (χ0v) is 14.4. The van der Waals surface area contributed by atoms with Gasteiger partial charge in [0.05, 0.1) is 4.91 Å². The van der Waals surface area contributed by atoms with Crippen molar-refractivity contribution >= 4 is 34.9 Å². The summed E-state index contributed by atoms with van der Waals surface area (Å²) in [6.45, 7) is 2.55. The Bertz CT molecular complexity index is 687. The summed E-state index contributed by atoms with van der Waals surface area (Å²) >= 11 is 0.894. The quantitative estimate of drug-likeness (QED) is 0.791. The van der Waals surface area contributed by atoms with Crippen LogP contribution in [-0.2, 0) is 9.59 Å². The maximum Gasteiger partial charge on any atom is 0.294 e. The van der Waals surface area contributed by atoms with Crippen molar-refractivity contribution in [2.45, 2.75) is 32.2 Å². The van der Waals surface area contributed by atoms with E-state index in [1.807, 2.05) is 37.3 Å². The maximum atomic E-state index is 12.5. The van der Waals surface area contributed by atoms with Crippen molar-refractivity contribution in [3.05, 3.63) is 40.8 Å². The Morgan fingerprint density at radius 3 is 2.71 bits per heavy atom. The van der Waals surface area contributed by atoms with Gasteiger partial charge in [-0.3, -0.25) is 19.3 Å². The Kier molecular flexibility index (Phi) is 5.04. The first-order valence-corrected chi connectivity index (χ1v) is 8.98.